The molecule has 1 rings (SSSR count). The van der Waals surface area contributed by atoms with Crippen molar-refractivity contribution in [2.45, 2.75) is 58.1 Å². The molecule has 3 amide bonds. The molecule has 1 heterocycles. The first kappa shape index (κ1) is 20.7. The zero-order valence-electron chi connectivity index (χ0n) is 15.0. The number of alkyl carbamates (subject to hydrolysis) is 1. The molecule has 1 fully saturated rings. The Hall–Kier alpha value is -2.32. The highest BCUT2D eigenvalue weighted by molar-refractivity contribution is 5.88. The quantitative estimate of drug-likeness (QED) is 0.659. The Morgan fingerprint density at radius 2 is 1.88 bits per heavy atom. The molecule has 9 heteroatoms. The molecule has 0 unspecified atom stereocenters. The second-order valence-corrected chi connectivity index (χ2v) is 6.84. The molecule has 9 nitrogen and oxygen atoms in total. The van der Waals surface area contributed by atoms with Crippen LogP contribution in [0.3, 0.4) is 0 Å². The Labute approximate surface area is 147 Å². The van der Waals surface area contributed by atoms with E-state index in [0.717, 1.165) is 12.8 Å². The number of nitrogens with two attached hydrogens (primary N) is 1. The van der Waals surface area contributed by atoms with Crippen molar-refractivity contribution in [1.82, 2.24) is 10.2 Å². The first-order valence-electron chi connectivity index (χ1n) is 8.31. The van der Waals surface area contributed by atoms with E-state index in [9.17, 15) is 19.2 Å². The van der Waals surface area contributed by atoms with Crippen LogP contribution in [0.4, 0.5) is 4.79 Å². The summed E-state index contributed by atoms with van der Waals surface area (Å²) in [4.78, 5) is 47.9. The summed E-state index contributed by atoms with van der Waals surface area (Å²) in [6, 6.07) is -0.645. The molecule has 1 saturated heterocycles. The van der Waals surface area contributed by atoms with E-state index in [1.54, 1.807) is 20.8 Å². The molecule has 0 bridgehead atoms. The smallest absolute Gasteiger partial charge is 0.407 e. The molecule has 0 aromatic rings. The van der Waals surface area contributed by atoms with Gasteiger partial charge in [-0.05, 0) is 40.0 Å². The van der Waals surface area contributed by atoms with E-state index >= 15 is 0 Å². The lowest BCUT2D eigenvalue weighted by molar-refractivity contribution is -0.154. The predicted molar refractivity (Wildman–Crippen MR) is 88.4 cm³/mol. The maximum absolute atomic E-state index is 12.1. The fourth-order valence-corrected chi connectivity index (χ4v) is 2.40. The number of likely N-dealkylation sites (tertiary alicyclic amines) is 1. The number of carbonyl (C=O) groups excluding carboxylic acids is 4. The molecule has 0 aromatic heterocycles. The molecule has 0 radical (unpaired) electrons. The lowest BCUT2D eigenvalue weighted by Crippen LogP contribution is -2.51. The van der Waals surface area contributed by atoms with Gasteiger partial charge >= 0.3 is 12.1 Å². The highest BCUT2D eigenvalue weighted by Gasteiger charge is 2.30. The Bertz CT molecular complexity index is 514. The van der Waals surface area contributed by atoms with Crippen LogP contribution in [0, 0.1) is 0 Å². The van der Waals surface area contributed by atoms with Crippen LogP contribution in [-0.4, -0.2) is 60.1 Å². The van der Waals surface area contributed by atoms with Crippen molar-refractivity contribution in [3.63, 3.8) is 0 Å². The average Bonchev–Trinajstić information content (AvgIpc) is 2.50. The van der Waals surface area contributed by atoms with Gasteiger partial charge in [-0.1, -0.05) is 0 Å². The first-order chi connectivity index (χ1) is 11.6. The minimum atomic E-state index is -0.645. The number of nitrogens with zero attached hydrogens (tertiary/aromatic N) is 1. The van der Waals surface area contributed by atoms with Gasteiger partial charge in [-0.2, -0.15) is 0 Å². The number of primary amides is 1. The normalized spacial score (nSPS) is 17.6. The Morgan fingerprint density at radius 3 is 2.48 bits per heavy atom. The highest BCUT2D eigenvalue weighted by atomic mass is 16.6. The number of hydrogen-bond acceptors (Lipinski definition) is 6. The van der Waals surface area contributed by atoms with Crippen LogP contribution in [0.15, 0.2) is 0 Å². The summed E-state index contributed by atoms with van der Waals surface area (Å²) in [7, 11) is 0. The van der Waals surface area contributed by atoms with E-state index < -0.39 is 42.1 Å². The van der Waals surface area contributed by atoms with Crippen LogP contribution in [0.25, 0.3) is 0 Å². The van der Waals surface area contributed by atoms with Gasteiger partial charge in [0.25, 0.3) is 5.91 Å². The van der Waals surface area contributed by atoms with Gasteiger partial charge < -0.3 is 25.4 Å². The minimum absolute atomic E-state index is 0.0373. The summed E-state index contributed by atoms with van der Waals surface area (Å²) < 4.78 is 9.92. The molecule has 1 aliphatic heterocycles. The van der Waals surface area contributed by atoms with Gasteiger partial charge in [0, 0.05) is 13.1 Å². The molecule has 25 heavy (non-hydrogen) atoms. The number of esters is 1. The second kappa shape index (κ2) is 9.24. The van der Waals surface area contributed by atoms with Crippen LogP contribution in [0.2, 0.25) is 0 Å². The number of hydrogen-bond donors (Lipinski definition) is 2. The van der Waals surface area contributed by atoms with Crippen molar-refractivity contribution in [2.24, 2.45) is 5.73 Å². The number of rotatable bonds is 6. The molecular weight excluding hydrogens is 330 g/mol. The predicted octanol–water partition coefficient (Wildman–Crippen LogP) is 0.311. The van der Waals surface area contributed by atoms with Gasteiger partial charge in [0.05, 0.1) is 6.42 Å². The molecule has 0 aromatic carbocycles. The molecule has 1 aliphatic rings. The third-order valence-corrected chi connectivity index (χ3v) is 3.51. The molecular formula is C16H27N3O6. The number of nitrogens with one attached hydrogen (secondary N) is 1. The van der Waals surface area contributed by atoms with E-state index in [-0.39, 0.29) is 13.0 Å². The molecule has 0 aliphatic carbocycles. The minimum Gasteiger partial charge on any atom is -0.456 e. The summed E-state index contributed by atoms with van der Waals surface area (Å²) in [5, 5.41) is 2.42. The lowest BCUT2D eigenvalue weighted by atomic mass is 10.0. The number of piperidine rings is 1. The molecule has 1 atom stereocenters. The number of amides is 3. The summed E-state index contributed by atoms with van der Waals surface area (Å²) in [5.74, 6) is -1.63. The summed E-state index contributed by atoms with van der Waals surface area (Å²) in [6.45, 7) is 5.19. The van der Waals surface area contributed by atoms with Gasteiger partial charge in [0.15, 0.2) is 6.61 Å². The van der Waals surface area contributed by atoms with Gasteiger partial charge in [-0.15, -0.1) is 0 Å². The largest absolute Gasteiger partial charge is 0.456 e. The van der Waals surface area contributed by atoms with Crippen LogP contribution in [-0.2, 0) is 23.9 Å². The maximum atomic E-state index is 12.1. The SMILES string of the molecule is CC(C)(C)OC(=O)NCCC(=O)OCC(=O)N1CCCC[C@H]1C(N)=O. The topological polar surface area (TPSA) is 128 Å². The van der Waals surface area contributed by atoms with Crippen LogP contribution in [0.5, 0.6) is 0 Å². The molecule has 0 spiro atoms. The maximum Gasteiger partial charge on any atom is 0.407 e. The molecule has 3 N–H and O–H groups in total. The zero-order chi connectivity index (χ0) is 19.0. The Morgan fingerprint density at radius 1 is 1.20 bits per heavy atom. The second-order valence-electron chi connectivity index (χ2n) is 6.84. The fourth-order valence-electron chi connectivity index (χ4n) is 2.40. The third-order valence-electron chi connectivity index (χ3n) is 3.51. The third kappa shape index (κ3) is 7.86. The van der Waals surface area contributed by atoms with E-state index in [0.29, 0.717) is 13.0 Å². The van der Waals surface area contributed by atoms with Crippen molar-refractivity contribution >= 4 is 23.9 Å². The monoisotopic (exact) mass is 357 g/mol. The van der Waals surface area contributed by atoms with Crippen molar-refractivity contribution in [2.75, 3.05) is 19.7 Å². The van der Waals surface area contributed by atoms with E-state index in [2.05, 4.69) is 5.32 Å². The highest BCUT2D eigenvalue weighted by Crippen LogP contribution is 2.16. The summed E-state index contributed by atoms with van der Waals surface area (Å²) in [6.07, 6.45) is 1.41. The van der Waals surface area contributed by atoms with Crippen LogP contribution < -0.4 is 11.1 Å². The first-order valence-corrected chi connectivity index (χ1v) is 8.31. The Balaban J connectivity index is 2.30. The van der Waals surface area contributed by atoms with Gasteiger partial charge in [-0.25, -0.2) is 4.79 Å². The lowest BCUT2D eigenvalue weighted by Gasteiger charge is -2.33. The van der Waals surface area contributed by atoms with Gasteiger partial charge in [0.1, 0.15) is 11.6 Å². The van der Waals surface area contributed by atoms with Crippen molar-refractivity contribution < 1.29 is 28.7 Å². The van der Waals surface area contributed by atoms with E-state index in [4.69, 9.17) is 15.2 Å². The van der Waals surface area contributed by atoms with Crippen LogP contribution in [0.1, 0.15) is 46.5 Å². The zero-order valence-corrected chi connectivity index (χ0v) is 15.0. The molecule has 142 valence electrons. The van der Waals surface area contributed by atoms with Crippen molar-refractivity contribution in [3.8, 4) is 0 Å². The van der Waals surface area contributed by atoms with Gasteiger partial charge in [0.2, 0.25) is 5.91 Å². The summed E-state index contributed by atoms with van der Waals surface area (Å²) in [5.41, 5.74) is 4.67. The van der Waals surface area contributed by atoms with E-state index in [1.165, 1.54) is 4.90 Å². The van der Waals surface area contributed by atoms with Crippen molar-refractivity contribution in [3.05, 3.63) is 0 Å². The Kier molecular flexibility index (Phi) is 7.66. The number of carbonyl (C=O) groups is 4. The standard InChI is InChI=1S/C16H27N3O6/c1-16(2,3)25-15(23)18-8-7-13(21)24-10-12(20)19-9-5-4-6-11(19)14(17)22/h11H,4-10H2,1-3H3,(H2,17,22)(H,18,23)/t11-/m0/s1. The number of ether oxygens (including phenoxy) is 2. The van der Waals surface area contributed by atoms with Gasteiger partial charge in [-0.3, -0.25) is 14.4 Å². The van der Waals surface area contributed by atoms with Crippen LogP contribution >= 0.6 is 0 Å². The average molecular weight is 357 g/mol. The van der Waals surface area contributed by atoms with Crippen molar-refractivity contribution in [1.29, 1.82) is 0 Å². The summed E-state index contributed by atoms with van der Waals surface area (Å²) >= 11 is 0. The molecule has 0 saturated carbocycles. The van der Waals surface area contributed by atoms with E-state index in [1.807, 2.05) is 0 Å². The fraction of sp³-hybridized carbons (Fsp3) is 0.750.